The Kier molecular flexibility index (Phi) is 5.19. The summed E-state index contributed by atoms with van der Waals surface area (Å²) >= 11 is 3.28. The van der Waals surface area contributed by atoms with Gasteiger partial charge in [0.15, 0.2) is 0 Å². The molecule has 106 valence electrons. The molecule has 6 nitrogen and oxygen atoms in total. The molecule has 0 aliphatic heterocycles. The molecule has 8 heteroatoms. The van der Waals surface area contributed by atoms with Crippen molar-refractivity contribution >= 4 is 37.9 Å². The van der Waals surface area contributed by atoms with Crippen LogP contribution in [0.4, 0.5) is 10.5 Å². The highest BCUT2D eigenvalue weighted by Crippen LogP contribution is 2.20. The van der Waals surface area contributed by atoms with Crippen LogP contribution in [0.3, 0.4) is 0 Å². The molecular formula is C11H15BrN2O4S. The first-order valence-electron chi connectivity index (χ1n) is 5.47. The Morgan fingerprint density at radius 3 is 2.53 bits per heavy atom. The Morgan fingerprint density at radius 2 is 2.00 bits per heavy atom. The maximum atomic E-state index is 11.7. The SMILES string of the molecule is Cc1cc(Br)ccc1NS(=O)(=O)NC(=O)OC(C)C. The second kappa shape index (κ2) is 6.25. The van der Waals surface area contributed by atoms with E-state index in [0.29, 0.717) is 5.69 Å². The van der Waals surface area contributed by atoms with Gasteiger partial charge in [-0.15, -0.1) is 0 Å². The number of benzene rings is 1. The molecular weight excluding hydrogens is 336 g/mol. The Morgan fingerprint density at radius 1 is 1.37 bits per heavy atom. The summed E-state index contributed by atoms with van der Waals surface area (Å²) in [4.78, 5) is 11.2. The molecule has 0 aliphatic carbocycles. The summed E-state index contributed by atoms with van der Waals surface area (Å²) in [6.45, 7) is 4.99. The van der Waals surface area contributed by atoms with Crippen molar-refractivity contribution in [2.45, 2.75) is 26.9 Å². The zero-order chi connectivity index (χ0) is 14.6. The lowest BCUT2D eigenvalue weighted by Crippen LogP contribution is -2.36. The lowest BCUT2D eigenvalue weighted by molar-refractivity contribution is 0.121. The van der Waals surface area contributed by atoms with Crippen LogP contribution in [-0.2, 0) is 14.9 Å². The summed E-state index contributed by atoms with van der Waals surface area (Å²) in [5, 5.41) is 0. The fraction of sp³-hybridized carbons (Fsp3) is 0.364. The van der Waals surface area contributed by atoms with Crippen molar-refractivity contribution in [3.63, 3.8) is 0 Å². The third-order valence-corrected chi connectivity index (χ3v) is 3.41. The normalized spacial score (nSPS) is 11.2. The minimum Gasteiger partial charge on any atom is -0.446 e. The van der Waals surface area contributed by atoms with Crippen LogP contribution in [0.25, 0.3) is 0 Å². The van der Waals surface area contributed by atoms with Crippen LogP contribution >= 0.6 is 15.9 Å². The van der Waals surface area contributed by atoms with Crippen LogP contribution in [0, 0.1) is 6.92 Å². The Balaban J connectivity index is 2.77. The molecule has 0 atom stereocenters. The number of aryl methyl sites for hydroxylation is 1. The molecule has 19 heavy (non-hydrogen) atoms. The van der Waals surface area contributed by atoms with E-state index in [1.165, 1.54) is 0 Å². The molecule has 0 heterocycles. The first-order chi connectivity index (χ1) is 8.69. The fourth-order valence-corrected chi connectivity index (χ4v) is 2.57. The second-order valence-corrected chi connectivity index (χ2v) is 6.45. The minimum atomic E-state index is -4.00. The highest BCUT2D eigenvalue weighted by Gasteiger charge is 2.17. The van der Waals surface area contributed by atoms with E-state index in [9.17, 15) is 13.2 Å². The smallest absolute Gasteiger partial charge is 0.422 e. The lowest BCUT2D eigenvalue weighted by atomic mass is 10.2. The summed E-state index contributed by atoms with van der Waals surface area (Å²) in [5.74, 6) is 0. The van der Waals surface area contributed by atoms with Crippen LogP contribution in [-0.4, -0.2) is 20.6 Å². The Bertz CT molecular complexity index is 572. The summed E-state index contributed by atoms with van der Waals surface area (Å²) < 4.78 is 32.9. The highest BCUT2D eigenvalue weighted by atomic mass is 79.9. The number of carbonyl (C=O) groups is 1. The first-order valence-corrected chi connectivity index (χ1v) is 7.74. The van der Waals surface area contributed by atoms with Crippen LogP contribution in [0.5, 0.6) is 0 Å². The number of rotatable bonds is 4. The lowest BCUT2D eigenvalue weighted by Gasteiger charge is -2.13. The van der Waals surface area contributed by atoms with Gasteiger partial charge >= 0.3 is 16.3 Å². The van der Waals surface area contributed by atoms with E-state index >= 15 is 0 Å². The summed E-state index contributed by atoms with van der Waals surface area (Å²) in [6.07, 6.45) is -1.41. The molecule has 0 saturated heterocycles. The van der Waals surface area contributed by atoms with Gasteiger partial charge in [-0.3, -0.25) is 4.72 Å². The Labute approximate surface area is 120 Å². The molecule has 0 saturated carbocycles. The van der Waals surface area contributed by atoms with Crippen molar-refractivity contribution < 1.29 is 17.9 Å². The molecule has 1 aromatic rings. The largest absolute Gasteiger partial charge is 0.446 e. The number of carbonyl (C=O) groups excluding carboxylic acids is 1. The number of hydrogen-bond donors (Lipinski definition) is 2. The molecule has 0 fully saturated rings. The summed E-state index contributed by atoms with van der Waals surface area (Å²) in [7, 11) is -4.00. The van der Waals surface area contributed by atoms with Crippen molar-refractivity contribution in [2.75, 3.05) is 4.72 Å². The number of anilines is 1. The number of hydrogen-bond acceptors (Lipinski definition) is 4. The van der Waals surface area contributed by atoms with Crippen LogP contribution in [0.1, 0.15) is 19.4 Å². The third-order valence-electron chi connectivity index (χ3n) is 1.99. The first kappa shape index (κ1) is 15.8. The number of nitrogens with one attached hydrogen (secondary N) is 2. The molecule has 0 bridgehead atoms. The van der Waals surface area contributed by atoms with Crippen molar-refractivity contribution in [3.05, 3.63) is 28.2 Å². The van der Waals surface area contributed by atoms with Gasteiger partial charge in [0, 0.05) is 4.47 Å². The molecule has 0 aromatic heterocycles. The molecule has 1 amide bonds. The van der Waals surface area contributed by atoms with Crippen molar-refractivity contribution in [1.29, 1.82) is 0 Å². The fourth-order valence-electron chi connectivity index (χ4n) is 1.26. The molecule has 1 aromatic carbocycles. The van der Waals surface area contributed by atoms with E-state index in [-0.39, 0.29) is 0 Å². The zero-order valence-corrected chi connectivity index (χ0v) is 13.1. The average Bonchev–Trinajstić information content (AvgIpc) is 2.19. The van der Waals surface area contributed by atoms with Crippen molar-refractivity contribution in [2.24, 2.45) is 0 Å². The van der Waals surface area contributed by atoms with E-state index in [4.69, 9.17) is 4.74 Å². The van der Waals surface area contributed by atoms with Gasteiger partial charge in [0.25, 0.3) is 0 Å². The van der Waals surface area contributed by atoms with Gasteiger partial charge in [0.2, 0.25) is 0 Å². The van der Waals surface area contributed by atoms with E-state index in [1.807, 2.05) is 0 Å². The third kappa shape index (κ3) is 5.48. The maximum absolute atomic E-state index is 11.7. The maximum Gasteiger partial charge on any atom is 0.422 e. The van der Waals surface area contributed by atoms with Gasteiger partial charge in [-0.25, -0.2) is 9.52 Å². The second-order valence-electron chi connectivity index (χ2n) is 4.12. The summed E-state index contributed by atoms with van der Waals surface area (Å²) in [5.41, 5.74) is 1.10. The van der Waals surface area contributed by atoms with Gasteiger partial charge in [-0.2, -0.15) is 8.42 Å². The molecule has 2 N–H and O–H groups in total. The van der Waals surface area contributed by atoms with Crippen LogP contribution in [0.15, 0.2) is 22.7 Å². The summed E-state index contributed by atoms with van der Waals surface area (Å²) in [6, 6.07) is 5.04. The minimum absolute atomic E-state index is 0.382. The van der Waals surface area contributed by atoms with Gasteiger partial charge in [0.05, 0.1) is 11.8 Å². The average molecular weight is 351 g/mol. The van der Waals surface area contributed by atoms with Crippen LogP contribution < -0.4 is 9.44 Å². The van der Waals surface area contributed by atoms with Gasteiger partial charge in [-0.05, 0) is 44.5 Å². The molecule has 1 rings (SSSR count). The number of amides is 1. The zero-order valence-electron chi connectivity index (χ0n) is 10.7. The molecule has 0 aliphatic rings. The van der Waals surface area contributed by atoms with E-state index in [2.05, 4.69) is 20.7 Å². The standard InChI is InChI=1S/C11H15BrN2O4S/c1-7(2)18-11(15)14-19(16,17)13-10-5-4-9(12)6-8(10)3/h4-7,13H,1-3H3,(H,14,15). The van der Waals surface area contributed by atoms with Gasteiger partial charge in [-0.1, -0.05) is 15.9 Å². The van der Waals surface area contributed by atoms with Crippen LogP contribution in [0.2, 0.25) is 0 Å². The monoisotopic (exact) mass is 350 g/mol. The highest BCUT2D eigenvalue weighted by molar-refractivity contribution is 9.10. The van der Waals surface area contributed by atoms with Crippen molar-refractivity contribution in [3.8, 4) is 0 Å². The van der Waals surface area contributed by atoms with Gasteiger partial charge in [0.1, 0.15) is 0 Å². The topological polar surface area (TPSA) is 84.5 Å². The quantitative estimate of drug-likeness (QED) is 0.873. The van der Waals surface area contributed by atoms with E-state index in [0.717, 1.165) is 10.0 Å². The van der Waals surface area contributed by atoms with Gasteiger partial charge < -0.3 is 4.74 Å². The number of halogens is 1. The molecule has 0 radical (unpaired) electrons. The van der Waals surface area contributed by atoms with E-state index < -0.39 is 22.4 Å². The van der Waals surface area contributed by atoms with Crippen molar-refractivity contribution in [1.82, 2.24) is 4.72 Å². The van der Waals surface area contributed by atoms with E-state index in [1.54, 1.807) is 43.7 Å². The Hall–Kier alpha value is -1.28. The number of ether oxygens (including phenoxy) is 1. The predicted octanol–water partition coefficient (Wildman–Crippen LogP) is 2.55. The molecule has 0 unspecified atom stereocenters. The predicted molar refractivity (Wildman–Crippen MR) is 76.2 cm³/mol. The molecule has 0 spiro atoms.